The molecule has 1 atom stereocenters. The van der Waals surface area contributed by atoms with E-state index in [2.05, 4.69) is 25.2 Å². The molecular formula is C16H22N6O. The highest BCUT2D eigenvalue weighted by molar-refractivity contribution is 5.84. The summed E-state index contributed by atoms with van der Waals surface area (Å²) in [5.41, 5.74) is 2.17. The standard InChI is InChI=1S/C16H22N6O/c1-21-9-13-12(3-2-4-14(13)20-21)16(23)17-7-8-22-10-18-19-15(22)11-5-6-11/h9-12H,2-8H2,1H3,(H,17,23). The summed E-state index contributed by atoms with van der Waals surface area (Å²) in [5, 5.41) is 15.7. The lowest BCUT2D eigenvalue weighted by Crippen LogP contribution is -2.33. The summed E-state index contributed by atoms with van der Waals surface area (Å²) in [6.07, 6.45) is 9.08. The Bertz CT molecular complexity index is 714. The van der Waals surface area contributed by atoms with Gasteiger partial charge < -0.3 is 9.88 Å². The van der Waals surface area contributed by atoms with Gasteiger partial charge in [0.1, 0.15) is 12.2 Å². The van der Waals surface area contributed by atoms with Crippen LogP contribution in [0.3, 0.4) is 0 Å². The van der Waals surface area contributed by atoms with Crippen molar-refractivity contribution < 1.29 is 4.79 Å². The molecule has 1 N–H and O–H groups in total. The van der Waals surface area contributed by atoms with Gasteiger partial charge in [-0.15, -0.1) is 10.2 Å². The fraction of sp³-hybridized carbons (Fsp3) is 0.625. The van der Waals surface area contributed by atoms with Gasteiger partial charge in [-0.25, -0.2) is 0 Å². The van der Waals surface area contributed by atoms with E-state index in [1.807, 2.05) is 17.9 Å². The molecule has 0 radical (unpaired) electrons. The van der Waals surface area contributed by atoms with Crippen LogP contribution in [0.25, 0.3) is 0 Å². The van der Waals surface area contributed by atoms with Crippen molar-refractivity contribution in [2.24, 2.45) is 7.05 Å². The van der Waals surface area contributed by atoms with E-state index in [1.54, 1.807) is 6.33 Å². The number of nitrogens with zero attached hydrogens (tertiary/aromatic N) is 5. The van der Waals surface area contributed by atoms with Crippen LogP contribution in [-0.2, 0) is 24.8 Å². The summed E-state index contributed by atoms with van der Waals surface area (Å²) in [5.74, 6) is 1.69. The number of hydrogen-bond donors (Lipinski definition) is 1. The lowest BCUT2D eigenvalue weighted by molar-refractivity contribution is -0.122. The lowest BCUT2D eigenvalue weighted by Gasteiger charge is -2.20. The zero-order valence-corrected chi connectivity index (χ0v) is 13.4. The van der Waals surface area contributed by atoms with Gasteiger partial charge in [-0.2, -0.15) is 5.10 Å². The van der Waals surface area contributed by atoms with Crippen LogP contribution in [0.5, 0.6) is 0 Å². The van der Waals surface area contributed by atoms with E-state index in [-0.39, 0.29) is 11.8 Å². The molecule has 2 aromatic rings. The molecule has 0 spiro atoms. The molecule has 2 aliphatic carbocycles. The Hall–Kier alpha value is -2.18. The second-order valence-electron chi connectivity index (χ2n) is 6.60. The van der Waals surface area contributed by atoms with E-state index >= 15 is 0 Å². The number of fused-ring (bicyclic) bond motifs is 1. The monoisotopic (exact) mass is 314 g/mol. The normalized spacial score (nSPS) is 20.3. The Balaban J connectivity index is 1.36. The Morgan fingerprint density at radius 3 is 3.09 bits per heavy atom. The van der Waals surface area contributed by atoms with E-state index in [0.717, 1.165) is 42.9 Å². The Morgan fingerprint density at radius 2 is 2.26 bits per heavy atom. The average molecular weight is 314 g/mol. The summed E-state index contributed by atoms with van der Waals surface area (Å²) in [7, 11) is 1.92. The molecule has 2 heterocycles. The van der Waals surface area contributed by atoms with Crippen LogP contribution in [0.4, 0.5) is 0 Å². The molecule has 0 saturated heterocycles. The van der Waals surface area contributed by atoms with Crippen LogP contribution < -0.4 is 5.32 Å². The van der Waals surface area contributed by atoms with E-state index in [9.17, 15) is 4.79 Å². The SMILES string of the molecule is Cn1cc2c(n1)CCCC2C(=O)NCCn1cnnc1C1CC1. The van der Waals surface area contributed by atoms with E-state index in [1.165, 1.54) is 12.8 Å². The summed E-state index contributed by atoms with van der Waals surface area (Å²) in [6.45, 7) is 1.35. The maximum atomic E-state index is 12.5. The topological polar surface area (TPSA) is 77.6 Å². The van der Waals surface area contributed by atoms with E-state index in [0.29, 0.717) is 12.5 Å². The predicted molar refractivity (Wildman–Crippen MR) is 83.9 cm³/mol. The third-order valence-electron chi connectivity index (χ3n) is 4.78. The van der Waals surface area contributed by atoms with Gasteiger partial charge in [-0.1, -0.05) is 0 Å². The quantitative estimate of drug-likeness (QED) is 0.897. The zero-order chi connectivity index (χ0) is 15.8. The highest BCUT2D eigenvalue weighted by atomic mass is 16.1. The molecule has 0 aliphatic heterocycles. The second-order valence-corrected chi connectivity index (χ2v) is 6.60. The average Bonchev–Trinajstić information content (AvgIpc) is 3.14. The number of nitrogens with one attached hydrogen (secondary N) is 1. The van der Waals surface area contributed by atoms with Crippen LogP contribution in [0.2, 0.25) is 0 Å². The third kappa shape index (κ3) is 2.87. The molecule has 7 nitrogen and oxygen atoms in total. The molecule has 2 aromatic heterocycles. The number of carbonyl (C=O) groups excluding carboxylic acids is 1. The molecule has 7 heteroatoms. The predicted octanol–water partition coefficient (Wildman–Crippen LogP) is 1.13. The summed E-state index contributed by atoms with van der Waals surface area (Å²) in [6, 6.07) is 0. The molecule has 1 unspecified atom stereocenters. The molecule has 1 saturated carbocycles. The van der Waals surface area contributed by atoms with Gasteiger partial charge in [-0.05, 0) is 32.1 Å². The minimum absolute atomic E-state index is 0.0590. The van der Waals surface area contributed by atoms with Crippen molar-refractivity contribution in [2.75, 3.05) is 6.54 Å². The molecule has 1 fully saturated rings. The molecule has 2 aliphatic rings. The Kier molecular flexibility index (Phi) is 3.63. The number of hydrogen-bond acceptors (Lipinski definition) is 4. The van der Waals surface area contributed by atoms with Gasteiger partial charge in [0.2, 0.25) is 5.91 Å². The number of rotatable bonds is 5. The van der Waals surface area contributed by atoms with Crippen LogP contribution >= 0.6 is 0 Å². The van der Waals surface area contributed by atoms with Crippen LogP contribution in [0.1, 0.15) is 54.6 Å². The largest absolute Gasteiger partial charge is 0.354 e. The van der Waals surface area contributed by atoms with Crippen molar-refractivity contribution in [1.82, 2.24) is 29.9 Å². The minimum Gasteiger partial charge on any atom is -0.354 e. The Morgan fingerprint density at radius 1 is 1.39 bits per heavy atom. The van der Waals surface area contributed by atoms with E-state index in [4.69, 9.17) is 0 Å². The number of aryl methyl sites for hydroxylation is 2. The van der Waals surface area contributed by atoms with Crippen molar-refractivity contribution >= 4 is 5.91 Å². The van der Waals surface area contributed by atoms with Gasteiger partial charge in [-0.3, -0.25) is 9.48 Å². The molecule has 23 heavy (non-hydrogen) atoms. The molecule has 1 amide bonds. The first kappa shape index (κ1) is 14.4. The first-order chi connectivity index (χ1) is 11.2. The van der Waals surface area contributed by atoms with Gasteiger partial charge in [0.15, 0.2) is 0 Å². The van der Waals surface area contributed by atoms with Crippen LogP contribution in [0.15, 0.2) is 12.5 Å². The Labute approximate surface area is 135 Å². The van der Waals surface area contributed by atoms with Crippen molar-refractivity contribution in [3.05, 3.63) is 29.6 Å². The molecule has 4 rings (SSSR count). The summed E-state index contributed by atoms with van der Waals surface area (Å²) >= 11 is 0. The number of amides is 1. The van der Waals surface area contributed by atoms with Crippen molar-refractivity contribution in [2.45, 2.75) is 50.5 Å². The maximum Gasteiger partial charge on any atom is 0.227 e. The fourth-order valence-electron chi connectivity index (χ4n) is 3.46. The second kappa shape index (κ2) is 5.79. The fourth-order valence-corrected chi connectivity index (χ4v) is 3.46. The number of aromatic nitrogens is 5. The van der Waals surface area contributed by atoms with Crippen LogP contribution in [0, 0.1) is 0 Å². The highest BCUT2D eigenvalue weighted by Crippen LogP contribution is 2.38. The van der Waals surface area contributed by atoms with Crippen molar-refractivity contribution in [3.8, 4) is 0 Å². The smallest absolute Gasteiger partial charge is 0.227 e. The molecule has 0 bridgehead atoms. The molecular weight excluding hydrogens is 292 g/mol. The zero-order valence-electron chi connectivity index (χ0n) is 13.4. The molecule has 0 aromatic carbocycles. The summed E-state index contributed by atoms with van der Waals surface area (Å²) < 4.78 is 3.88. The number of carbonyl (C=O) groups is 1. The van der Waals surface area contributed by atoms with Gasteiger partial charge in [0.25, 0.3) is 0 Å². The first-order valence-electron chi connectivity index (χ1n) is 8.40. The van der Waals surface area contributed by atoms with Crippen molar-refractivity contribution in [3.63, 3.8) is 0 Å². The van der Waals surface area contributed by atoms with Gasteiger partial charge >= 0.3 is 0 Å². The van der Waals surface area contributed by atoms with Gasteiger partial charge in [0, 0.05) is 37.8 Å². The van der Waals surface area contributed by atoms with E-state index < -0.39 is 0 Å². The molecule has 122 valence electrons. The maximum absolute atomic E-state index is 12.5. The van der Waals surface area contributed by atoms with Crippen LogP contribution in [-0.4, -0.2) is 37.0 Å². The lowest BCUT2D eigenvalue weighted by atomic mass is 9.86. The van der Waals surface area contributed by atoms with Gasteiger partial charge in [0.05, 0.1) is 11.6 Å². The summed E-state index contributed by atoms with van der Waals surface area (Å²) in [4.78, 5) is 12.5. The first-order valence-corrected chi connectivity index (χ1v) is 8.40. The van der Waals surface area contributed by atoms with Crippen molar-refractivity contribution in [1.29, 1.82) is 0 Å². The highest BCUT2D eigenvalue weighted by Gasteiger charge is 2.30. The third-order valence-corrected chi connectivity index (χ3v) is 4.78. The minimum atomic E-state index is -0.0590.